The summed E-state index contributed by atoms with van der Waals surface area (Å²) in [7, 11) is 1.30. The first-order valence-electron chi connectivity index (χ1n) is 6.77. The Labute approximate surface area is 135 Å². The topological polar surface area (TPSA) is 120 Å². The van der Waals surface area contributed by atoms with Crippen LogP contribution < -0.4 is 14.7 Å². The number of Topliss-reactive ketones (excluding diaryl/α,β-unsaturated/α-hetero) is 1. The van der Waals surface area contributed by atoms with Gasteiger partial charge >= 0.3 is 0 Å². The monoisotopic (exact) mass is 331 g/mol. The number of hydrogen-bond acceptors (Lipinski definition) is 8. The lowest BCUT2D eigenvalue weighted by atomic mass is 10.1. The Morgan fingerprint density at radius 2 is 1.92 bits per heavy atom. The summed E-state index contributed by atoms with van der Waals surface area (Å²) in [6, 6.07) is 6.76. The van der Waals surface area contributed by atoms with E-state index in [2.05, 4.69) is 0 Å². The molecule has 0 saturated carbocycles. The number of aromatic hydroxyl groups is 2. The summed E-state index contributed by atoms with van der Waals surface area (Å²) >= 11 is 0. The van der Waals surface area contributed by atoms with E-state index in [9.17, 15) is 15.0 Å². The van der Waals surface area contributed by atoms with E-state index in [1.165, 1.54) is 43.5 Å². The van der Waals surface area contributed by atoms with E-state index in [1.54, 1.807) is 0 Å². The summed E-state index contributed by atoms with van der Waals surface area (Å²) in [4.78, 5) is 12.3. The normalized spacial score (nSPS) is 14.5. The van der Waals surface area contributed by atoms with Crippen molar-refractivity contribution in [2.45, 2.75) is 0 Å². The van der Waals surface area contributed by atoms with Crippen LogP contribution in [0.25, 0.3) is 6.08 Å². The van der Waals surface area contributed by atoms with Gasteiger partial charge in [-0.3, -0.25) is 15.2 Å². The maximum Gasteiger partial charge on any atom is 0.231 e. The average molecular weight is 331 g/mol. The van der Waals surface area contributed by atoms with Crippen LogP contribution in [0, 0.1) is 0 Å². The molecule has 0 saturated heterocycles. The number of fused-ring (bicyclic) bond motifs is 1. The molecule has 0 aromatic heterocycles. The molecule has 0 fully saturated rings. The average Bonchev–Trinajstić information content (AvgIpc) is 2.83. The highest BCUT2D eigenvalue weighted by molar-refractivity contribution is 6.14. The largest absolute Gasteiger partial charge is 0.508 e. The molecule has 4 N–H and O–H groups in total. The lowest BCUT2D eigenvalue weighted by Crippen LogP contribution is -2.11. The van der Waals surface area contributed by atoms with Crippen molar-refractivity contribution < 1.29 is 34.9 Å². The van der Waals surface area contributed by atoms with Gasteiger partial charge < -0.3 is 19.7 Å². The Morgan fingerprint density at radius 1 is 1.17 bits per heavy atom. The van der Waals surface area contributed by atoms with Gasteiger partial charge in [0.2, 0.25) is 5.78 Å². The predicted molar refractivity (Wildman–Crippen MR) is 81.8 cm³/mol. The highest BCUT2D eigenvalue weighted by Crippen LogP contribution is 2.39. The van der Waals surface area contributed by atoms with Crippen molar-refractivity contribution in [2.24, 2.45) is 0 Å². The molecule has 8 heteroatoms. The molecule has 0 bridgehead atoms. The molecule has 0 unspecified atom stereocenters. The van der Waals surface area contributed by atoms with Gasteiger partial charge in [0.25, 0.3) is 0 Å². The molecule has 1 aliphatic rings. The third-order valence-corrected chi connectivity index (χ3v) is 3.46. The fraction of sp³-hybridized carbons (Fsp3) is 0.0625. The van der Waals surface area contributed by atoms with Gasteiger partial charge in [0.05, 0.1) is 12.7 Å². The minimum atomic E-state index is -0.475. The van der Waals surface area contributed by atoms with Crippen LogP contribution in [0.4, 0.5) is 5.69 Å². The van der Waals surface area contributed by atoms with Gasteiger partial charge in [-0.05, 0) is 35.9 Å². The van der Waals surface area contributed by atoms with Gasteiger partial charge in [0.15, 0.2) is 17.3 Å². The molecule has 1 aliphatic heterocycles. The van der Waals surface area contributed by atoms with Crippen molar-refractivity contribution in [2.75, 3.05) is 12.3 Å². The van der Waals surface area contributed by atoms with Crippen molar-refractivity contribution in [3.05, 3.63) is 47.2 Å². The lowest BCUT2D eigenvalue weighted by Gasteiger charge is -2.13. The number of ether oxygens (including phenoxy) is 2. The van der Waals surface area contributed by atoms with E-state index in [4.69, 9.17) is 19.9 Å². The molecule has 0 radical (unpaired) electrons. The van der Waals surface area contributed by atoms with Crippen molar-refractivity contribution in [3.8, 4) is 23.0 Å². The summed E-state index contributed by atoms with van der Waals surface area (Å²) in [5.41, 5.74) is 0.297. The Kier molecular flexibility index (Phi) is 3.76. The standard InChI is InChI=1S/C16H13NO7/c1-23-13-5-8(4-11(16(13)20)17(21)22)6-14-15(19)10-3-2-9(18)7-12(10)24-14/h2-7,18,20-22H,1H3. The Balaban J connectivity index is 2.04. The number of allylic oxidation sites excluding steroid dienone is 1. The summed E-state index contributed by atoms with van der Waals surface area (Å²) in [6.07, 6.45) is 1.36. The highest BCUT2D eigenvalue weighted by atomic mass is 16.8. The quantitative estimate of drug-likeness (QED) is 0.499. The number of carbonyl (C=O) groups excluding carboxylic acids is 1. The van der Waals surface area contributed by atoms with E-state index in [-0.39, 0.29) is 39.7 Å². The molecule has 1 heterocycles. The number of anilines is 1. The summed E-state index contributed by atoms with van der Waals surface area (Å²) < 4.78 is 10.4. The number of hydrogen-bond donors (Lipinski definition) is 4. The maximum absolute atomic E-state index is 12.3. The molecular weight excluding hydrogens is 318 g/mol. The van der Waals surface area contributed by atoms with Crippen LogP contribution in [0.5, 0.6) is 23.0 Å². The number of benzene rings is 2. The minimum Gasteiger partial charge on any atom is -0.508 e. The molecule has 0 atom stereocenters. The molecular formula is C16H13NO7. The van der Waals surface area contributed by atoms with Gasteiger partial charge in [0, 0.05) is 6.07 Å². The maximum atomic E-state index is 12.3. The molecule has 0 amide bonds. The number of methoxy groups -OCH3 is 1. The number of phenolic OH excluding ortho intramolecular Hbond substituents is 2. The van der Waals surface area contributed by atoms with Crippen LogP contribution in [-0.4, -0.2) is 33.5 Å². The number of nitrogens with zero attached hydrogens (tertiary/aromatic N) is 1. The zero-order chi connectivity index (χ0) is 17.4. The second-order valence-electron chi connectivity index (χ2n) is 5.00. The van der Waals surface area contributed by atoms with E-state index in [0.29, 0.717) is 11.1 Å². The molecule has 8 nitrogen and oxygen atoms in total. The molecule has 2 aromatic rings. The molecule has 0 spiro atoms. The van der Waals surface area contributed by atoms with E-state index in [0.717, 1.165) is 0 Å². The zero-order valence-electron chi connectivity index (χ0n) is 12.4. The second kappa shape index (κ2) is 5.76. The van der Waals surface area contributed by atoms with Gasteiger partial charge in [-0.25, -0.2) is 0 Å². The van der Waals surface area contributed by atoms with Crippen LogP contribution >= 0.6 is 0 Å². The van der Waals surface area contributed by atoms with E-state index < -0.39 is 5.75 Å². The Morgan fingerprint density at radius 3 is 2.58 bits per heavy atom. The van der Waals surface area contributed by atoms with Crippen LogP contribution in [0.3, 0.4) is 0 Å². The zero-order valence-corrected chi connectivity index (χ0v) is 12.4. The molecule has 2 aromatic carbocycles. The number of rotatable bonds is 3. The smallest absolute Gasteiger partial charge is 0.231 e. The number of carbonyl (C=O) groups is 1. The third kappa shape index (κ3) is 2.60. The second-order valence-corrected chi connectivity index (χ2v) is 5.00. The highest BCUT2D eigenvalue weighted by Gasteiger charge is 2.28. The first-order chi connectivity index (χ1) is 11.4. The van der Waals surface area contributed by atoms with Crippen LogP contribution in [0.1, 0.15) is 15.9 Å². The van der Waals surface area contributed by atoms with Gasteiger partial charge in [-0.2, -0.15) is 0 Å². The van der Waals surface area contributed by atoms with Gasteiger partial charge in [0.1, 0.15) is 17.2 Å². The fourth-order valence-electron chi connectivity index (χ4n) is 2.33. The van der Waals surface area contributed by atoms with E-state index >= 15 is 0 Å². The van der Waals surface area contributed by atoms with Crippen LogP contribution in [0.15, 0.2) is 36.1 Å². The summed E-state index contributed by atoms with van der Waals surface area (Å²) in [5.74, 6) is -0.708. The van der Waals surface area contributed by atoms with Gasteiger partial charge in [-0.1, -0.05) is 0 Å². The third-order valence-electron chi connectivity index (χ3n) is 3.46. The van der Waals surface area contributed by atoms with Gasteiger partial charge in [-0.15, -0.1) is 5.23 Å². The predicted octanol–water partition coefficient (Wildman–Crippen LogP) is 2.31. The SMILES string of the molecule is COc1cc(C=C2Oc3cc(O)ccc3C2=O)cc(N(O)O)c1O. The van der Waals surface area contributed by atoms with Crippen molar-refractivity contribution in [1.82, 2.24) is 0 Å². The molecule has 124 valence electrons. The molecule has 24 heavy (non-hydrogen) atoms. The summed E-state index contributed by atoms with van der Waals surface area (Å²) in [6.45, 7) is 0. The lowest BCUT2D eigenvalue weighted by molar-refractivity contribution is 0.0277. The number of ketones is 1. The fourth-order valence-corrected chi connectivity index (χ4v) is 2.33. The van der Waals surface area contributed by atoms with Crippen molar-refractivity contribution in [1.29, 1.82) is 0 Å². The van der Waals surface area contributed by atoms with E-state index in [1.807, 2.05) is 0 Å². The Bertz CT molecular complexity index is 858. The molecule has 3 rings (SSSR count). The van der Waals surface area contributed by atoms with Crippen LogP contribution in [-0.2, 0) is 0 Å². The first kappa shape index (κ1) is 15.7. The van der Waals surface area contributed by atoms with Crippen LogP contribution in [0.2, 0.25) is 0 Å². The Hall–Kier alpha value is -3.23. The van der Waals surface area contributed by atoms with Crippen molar-refractivity contribution in [3.63, 3.8) is 0 Å². The van der Waals surface area contributed by atoms with Crippen molar-refractivity contribution >= 4 is 17.5 Å². The molecule has 0 aliphatic carbocycles. The minimum absolute atomic E-state index is 0.0169. The number of phenols is 2. The summed E-state index contributed by atoms with van der Waals surface area (Å²) in [5, 5.41) is 37.3. The first-order valence-corrected chi connectivity index (χ1v) is 6.77.